The smallest absolute Gasteiger partial charge is 0.354 e. The Balaban J connectivity index is 2.60. The lowest BCUT2D eigenvalue weighted by molar-refractivity contribution is 0.0590. The number of aromatic nitrogens is 1. The summed E-state index contributed by atoms with van der Waals surface area (Å²) in [6.45, 7) is 0. The Kier molecular flexibility index (Phi) is 5.49. The molecule has 0 fully saturated rings. The minimum absolute atomic E-state index is 0.259. The van der Waals surface area contributed by atoms with E-state index < -0.39 is 5.97 Å². The Hall–Kier alpha value is -1.79. The zero-order valence-electron chi connectivity index (χ0n) is 12.9. The van der Waals surface area contributed by atoms with Crippen molar-refractivity contribution in [2.24, 2.45) is 7.05 Å². The molecule has 0 aliphatic carbocycles. The molecular formula is C16H15BrClNO4. The molecule has 1 heterocycles. The van der Waals surface area contributed by atoms with Crippen LogP contribution in [0.4, 0.5) is 0 Å². The van der Waals surface area contributed by atoms with Crippen LogP contribution in [0.3, 0.4) is 0 Å². The van der Waals surface area contributed by atoms with Crippen molar-refractivity contribution in [3.05, 3.63) is 51.8 Å². The Morgan fingerprint density at radius 1 is 1.26 bits per heavy atom. The van der Waals surface area contributed by atoms with Crippen LogP contribution >= 0.6 is 27.5 Å². The van der Waals surface area contributed by atoms with Gasteiger partial charge in [-0.15, -0.1) is 0 Å². The van der Waals surface area contributed by atoms with Gasteiger partial charge in [0.1, 0.15) is 11.4 Å². The van der Waals surface area contributed by atoms with Crippen molar-refractivity contribution in [2.75, 3.05) is 14.2 Å². The lowest BCUT2D eigenvalue weighted by Crippen LogP contribution is -2.14. The first-order valence-corrected chi connectivity index (χ1v) is 8.15. The third-order valence-electron chi connectivity index (χ3n) is 3.47. The number of benzene rings is 1. The van der Waals surface area contributed by atoms with E-state index in [4.69, 9.17) is 21.1 Å². The van der Waals surface area contributed by atoms with Gasteiger partial charge in [0.2, 0.25) is 5.78 Å². The number of alkyl halides is 1. The molecule has 23 heavy (non-hydrogen) atoms. The molecule has 0 bridgehead atoms. The number of ether oxygens (including phenoxy) is 2. The molecule has 0 atom stereocenters. The second-order valence-electron chi connectivity index (χ2n) is 4.76. The van der Waals surface area contributed by atoms with E-state index in [0.29, 0.717) is 38.6 Å². The summed E-state index contributed by atoms with van der Waals surface area (Å²) in [5.74, 6) is -0.383. The van der Waals surface area contributed by atoms with Crippen LogP contribution in [0.5, 0.6) is 5.75 Å². The second-order valence-corrected chi connectivity index (χ2v) is 5.76. The summed E-state index contributed by atoms with van der Waals surface area (Å²) in [6.07, 6.45) is 0. The van der Waals surface area contributed by atoms with Crippen molar-refractivity contribution < 1.29 is 19.1 Å². The van der Waals surface area contributed by atoms with Gasteiger partial charge in [-0.25, -0.2) is 4.79 Å². The van der Waals surface area contributed by atoms with Gasteiger partial charge >= 0.3 is 5.97 Å². The monoisotopic (exact) mass is 399 g/mol. The van der Waals surface area contributed by atoms with E-state index in [1.165, 1.54) is 18.8 Å². The molecule has 122 valence electrons. The minimum Gasteiger partial charge on any atom is -0.496 e. The Bertz CT molecular complexity index is 770. The average Bonchev–Trinajstić information content (AvgIpc) is 2.89. The zero-order valence-corrected chi connectivity index (χ0v) is 15.2. The third-order valence-corrected chi connectivity index (χ3v) is 4.31. The predicted molar refractivity (Wildman–Crippen MR) is 90.8 cm³/mol. The van der Waals surface area contributed by atoms with Gasteiger partial charge in [-0.3, -0.25) is 4.79 Å². The fourth-order valence-electron chi connectivity index (χ4n) is 2.35. The van der Waals surface area contributed by atoms with Gasteiger partial charge in [0.15, 0.2) is 0 Å². The van der Waals surface area contributed by atoms with E-state index in [9.17, 15) is 9.59 Å². The highest BCUT2D eigenvalue weighted by atomic mass is 79.9. The summed E-state index contributed by atoms with van der Waals surface area (Å²) in [4.78, 5) is 24.8. The number of carbonyl (C=O) groups is 2. The molecule has 0 aliphatic rings. The van der Waals surface area contributed by atoms with Gasteiger partial charge in [0, 0.05) is 17.4 Å². The summed E-state index contributed by atoms with van der Waals surface area (Å²) in [5.41, 5.74) is 1.76. The third kappa shape index (κ3) is 3.28. The number of halogens is 2. The molecule has 1 aromatic heterocycles. The summed E-state index contributed by atoms with van der Waals surface area (Å²) in [6, 6.07) is 6.44. The molecule has 0 aliphatic heterocycles. The number of hydrogen-bond acceptors (Lipinski definition) is 4. The highest BCUT2D eigenvalue weighted by Crippen LogP contribution is 2.28. The molecule has 0 radical (unpaired) electrons. The van der Waals surface area contributed by atoms with Crippen LogP contribution in [0.15, 0.2) is 24.3 Å². The largest absolute Gasteiger partial charge is 0.496 e. The zero-order chi connectivity index (χ0) is 17.1. The fraction of sp³-hybridized carbons (Fsp3) is 0.250. The summed E-state index contributed by atoms with van der Waals surface area (Å²) in [7, 11) is 4.42. The first kappa shape index (κ1) is 17.6. The Morgan fingerprint density at radius 2 is 1.96 bits per heavy atom. The van der Waals surface area contributed by atoms with Gasteiger partial charge < -0.3 is 14.0 Å². The van der Waals surface area contributed by atoms with Crippen LogP contribution in [0.2, 0.25) is 5.02 Å². The number of ketones is 1. The van der Waals surface area contributed by atoms with Crippen LogP contribution in [-0.4, -0.2) is 30.5 Å². The van der Waals surface area contributed by atoms with Crippen molar-refractivity contribution >= 4 is 39.3 Å². The quantitative estimate of drug-likeness (QED) is 0.437. The maximum absolute atomic E-state index is 12.9. The lowest BCUT2D eigenvalue weighted by Gasteiger charge is -2.11. The van der Waals surface area contributed by atoms with Crippen LogP contribution in [0.1, 0.15) is 32.1 Å². The van der Waals surface area contributed by atoms with Gasteiger partial charge in [0.05, 0.1) is 25.5 Å². The molecule has 2 rings (SSSR count). The standard InChI is InChI=1S/C16H15BrClNO4/c1-19-12(16(21)23-3)6-9(8-17)14(19)15(20)11-5-4-10(18)7-13(11)22-2/h4-7H,8H2,1-3H3. The first-order chi connectivity index (χ1) is 10.9. The number of carbonyl (C=O) groups excluding carboxylic acids is 2. The molecule has 2 aromatic rings. The van der Waals surface area contributed by atoms with Crippen molar-refractivity contribution in [3.63, 3.8) is 0 Å². The fourth-order valence-corrected chi connectivity index (χ4v) is 2.94. The topological polar surface area (TPSA) is 57.5 Å². The van der Waals surface area contributed by atoms with Crippen molar-refractivity contribution in [3.8, 4) is 5.75 Å². The molecule has 0 N–H and O–H groups in total. The first-order valence-electron chi connectivity index (χ1n) is 6.65. The maximum Gasteiger partial charge on any atom is 0.354 e. The van der Waals surface area contributed by atoms with Crippen LogP contribution < -0.4 is 4.74 Å². The molecular weight excluding hydrogens is 386 g/mol. The number of nitrogens with zero attached hydrogens (tertiary/aromatic N) is 1. The lowest BCUT2D eigenvalue weighted by atomic mass is 10.0. The minimum atomic E-state index is -0.503. The Labute approximate surface area is 147 Å². The Morgan fingerprint density at radius 3 is 2.52 bits per heavy atom. The number of esters is 1. The maximum atomic E-state index is 12.9. The molecule has 0 spiro atoms. The predicted octanol–water partition coefficient (Wildman–Crippen LogP) is 3.60. The van der Waals surface area contributed by atoms with E-state index >= 15 is 0 Å². The summed E-state index contributed by atoms with van der Waals surface area (Å²) >= 11 is 9.28. The van der Waals surface area contributed by atoms with Crippen LogP contribution in [0.25, 0.3) is 0 Å². The van der Waals surface area contributed by atoms with Gasteiger partial charge in [-0.2, -0.15) is 0 Å². The van der Waals surface area contributed by atoms with Gasteiger partial charge in [-0.1, -0.05) is 27.5 Å². The number of hydrogen-bond donors (Lipinski definition) is 0. The van der Waals surface area contributed by atoms with Crippen molar-refractivity contribution in [1.82, 2.24) is 4.57 Å². The van der Waals surface area contributed by atoms with E-state index in [1.54, 1.807) is 31.3 Å². The van der Waals surface area contributed by atoms with E-state index in [-0.39, 0.29) is 5.78 Å². The van der Waals surface area contributed by atoms with Crippen molar-refractivity contribution in [2.45, 2.75) is 5.33 Å². The molecule has 5 nitrogen and oxygen atoms in total. The van der Waals surface area contributed by atoms with Gasteiger partial charge in [-0.05, 0) is 29.8 Å². The molecule has 0 amide bonds. The number of rotatable bonds is 5. The normalized spacial score (nSPS) is 10.5. The highest BCUT2D eigenvalue weighted by Gasteiger charge is 2.25. The average molecular weight is 401 g/mol. The van der Waals surface area contributed by atoms with Crippen LogP contribution in [0, 0.1) is 0 Å². The van der Waals surface area contributed by atoms with Gasteiger partial charge in [0.25, 0.3) is 0 Å². The second kappa shape index (κ2) is 7.19. The SMILES string of the molecule is COC(=O)c1cc(CBr)c(C(=O)c2ccc(Cl)cc2OC)n1C. The molecule has 7 heteroatoms. The van der Waals surface area contributed by atoms with Crippen molar-refractivity contribution in [1.29, 1.82) is 0 Å². The van der Waals surface area contributed by atoms with E-state index in [1.807, 2.05) is 0 Å². The van der Waals surface area contributed by atoms with Crippen LogP contribution in [-0.2, 0) is 17.1 Å². The summed E-state index contributed by atoms with van der Waals surface area (Å²) < 4.78 is 11.5. The van der Waals surface area contributed by atoms with E-state index in [0.717, 1.165) is 0 Å². The summed E-state index contributed by atoms with van der Waals surface area (Å²) in [5, 5.41) is 0.899. The molecule has 1 aromatic carbocycles. The number of methoxy groups -OCH3 is 2. The molecule has 0 saturated carbocycles. The molecule has 0 unspecified atom stereocenters. The highest BCUT2D eigenvalue weighted by molar-refractivity contribution is 9.08. The molecule has 0 saturated heterocycles. The van der Waals surface area contributed by atoms with E-state index in [2.05, 4.69) is 15.9 Å².